The molecule has 6 aliphatic heterocycles. The van der Waals surface area contributed by atoms with Gasteiger partial charge in [0.1, 0.15) is 17.7 Å². The van der Waals surface area contributed by atoms with E-state index in [1.807, 2.05) is 75.7 Å². The number of likely N-dealkylation sites (tertiary alicyclic amines) is 2. The largest absolute Gasteiger partial charge is 0.507 e. The molecule has 2 amide bonds. The number of aromatic nitrogens is 4. The average molecular weight is 1110 g/mol. The van der Waals surface area contributed by atoms with Gasteiger partial charge < -0.3 is 45.4 Å². The molecule has 3 aromatic heterocycles. The number of fused-ring (bicyclic) bond motifs is 2. The minimum absolute atomic E-state index is 0.0970. The summed E-state index contributed by atoms with van der Waals surface area (Å²) in [7, 11) is 2.33. The number of rotatable bonds is 15. The van der Waals surface area contributed by atoms with Crippen molar-refractivity contribution in [3.63, 3.8) is 0 Å². The Hall–Kier alpha value is -5.70. The van der Waals surface area contributed by atoms with Gasteiger partial charge in [0.05, 0.1) is 39.6 Å². The first kappa shape index (κ1) is 54.9. The summed E-state index contributed by atoms with van der Waals surface area (Å²) >= 11 is 1.61. The van der Waals surface area contributed by atoms with Gasteiger partial charge in [-0.05, 0) is 132 Å². The Labute approximate surface area is 475 Å². The number of amides is 2. The first-order valence-corrected chi connectivity index (χ1v) is 30.6. The maximum Gasteiger partial charge on any atom is 0.243 e. The molecule has 7 fully saturated rings. The van der Waals surface area contributed by atoms with Crippen molar-refractivity contribution in [2.24, 2.45) is 17.3 Å². The number of aryl methyl sites for hydroxylation is 1. The number of carbonyl (C=O) groups is 2. The van der Waals surface area contributed by atoms with Crippen molar-refractivity contribution in [1.29, 1.82) is 0 Å². The summed E-state index contributed by atoms with van der Waals surface area (Å²) in [5, 5.41) is 37.7. The Balaban J connectivity index is 0.581. The van der Waals surface area contributed by atoms with Crippen LogP contribution in [-0.2, 0) is 9.59 Å². The minimum atomic E-state index is -0.792. The van der Waals surface area contributed by atoms with Crippen LogP contribution in [0.2, 0.25) is 0 Å². The standard InChI is InChI=1S/C61H83N13O5S/c1-38(2)56(60(78)74-36-48(75)26-52(74)59(77)64-39(3)42-10-12-43(13-11-42)57-40(4)63-37-80-57)54-28-55(67-79-54)70-20-16-41(17-21-70)31-69-22-18-61(19-23-69)29-46(30-61)71-25-24-68(5)47(34-71)35-73-44-14-15-45(73)33-72(32-44)51-27-50(65-66-58(51)62)49-8-6-7-9-53(49)76/h6-13,27-28,37-39,41,44-48,52,56,75-76H,14-26,29-36H2,1-5H3,(H2,62,66)(H,64,77)/t39-,44?,45?,47-,48+,52-,56+/m0/s1. The number of aliphatic hydroxyl groups excluding tert-OH is 1. The Morgan fingerprint density at radius 1 is 0.863 bits per heavy atom. The molecule has 19 heteroatoms. The molecule has 80 heavy (non-hydrogen) atoms. The van der Waals surface area contributed by atoms with Crippen LogP contribution in [0.25, 0.3) is 21.7 Å². The predicted octanol–water partition coefficient (Wildman–Crippen LogP) is 6.86. The molecule has 1 aliphatic carbocycles. The van der Waals surface area contributed by atoms with E-state index in [1.54, 1.807) is 22.3 Å². The smallest absolute Gasteiger partial charge is 0.243 e. The highest BCUT2D eigenvalue weighted by Crippen LogP contribution is 2.51. The van der Waals surface area contributed by atoms with E-state index in [9.17, 15) is 19.8 Å². The zero-order valence-electron chi connectivity index (χ0n) is 47.5. The van der Waals surface area contributed by atoms with Crippen LogP contribution in [-0.4, -0.2) is 189 Å². The van der Waals surface area contributed by atoms with E-state index in [0.29, 0.717) is 58.3 Å². The highest BCUT2D eigenvalue weighted by atomic mass is 32.1. The summed E-state index contributed by atoms with van der Waals surface area (Å²) in [6, 6.07) is 20.5. The number of β-amino-alcohol motifs (C(OH)–C–C–N with tert-alkyl or cyclic N) is 1. The van der Waals surface area contributed by atoms with Crippen molar-refractivity contribution >= 4 is 40.5 Å². The number of phenolic OH excluding ortho intramolecular Hbond substituents is 1. The van der Waals surface area contributed by atoms with Gasteiger partial charge in [0, 0.05) is 108 Å². The summed E-state index contributed by atoms with van der Waals surface area (Å²) in [6.45, 7) is 19.8. The van der Waals surface area contributed by atoms with Gasteiger partial charge in [0.25, 0.3) is 0 Å². The number of nitrogens with two attached hydrogens (primary N) is 1. The van der Waals surface area contributed by atoms with Gasteiger partial charge in [-0.1, -0.05) is 55.4 Å². The van der Waals surface area contributed by atoms with Crippen LogP contribution < -0.4 is 20.9 Å². The molecule has 5 N–H and O–H groups in total. The van der Waals surface area contributed by atoms with E-state index in [2.05, 4.69) is 74.2 Å². The second-order valence-corrected chi connectivity index (χ2v) is 26.1. The number of nitrogens with zero attached hydrogens (tertiary/aromatic N) is 11. The van der Waals surface area contributed by atoms with E-state index < -0.39 is 18.1 Å². The summed E-state index contributed by atoms with van der Waals surface area (Å²) in [4.78, 5) is 51.1. The molecule has 1 saturated carbocycles. The zero-order chi connectivity index (χ0) is 55.4. The molecule has 428 valence electrons. The molecule has 5 aromatic rings. The zero-order valence-corrected chi connectivity index (χ0v) is 48.3. The highest BCUT2D eigenvalue weighted by molar-refractivity contribution is 7.13. The number of hydrogen-bond donors (Lipinski definition) is 4. The van der Waals surface area contributed by atoms with Gasteiger partial charge in [-0.15, -0.1) is 21.5 Å². The highest BCUT2D eigenvalue weighted by Gasteiger charge is 2.50. The van der Waals surface area contributed by atoms with E-state index in [0.717, 1.165) is 105 Å². The van der Waals surface area contributed by atoms with Crippen LogP contribution in [0.15, 0.2) is 70.7 Å². The fraction of sp³-hybridized carbons (Fsp3) is 0.607. The number of likely N-dealkylation sites (N-methyl/N-ethyl adjacent to an activating group) is 1. The van der Waals surface area contributed by atoms with Crippen molar-refractivity contribution in [1.82, 2.24) is 50.2 Å². The Kier molecular flexibility index (Phi) is 15.7. The monoisotopic (exact) mass is 1110 g/mol. The van der Waals surface area contributed by atoms with Crippen molar-refractivity contribution in [2.45, 2.75) is 134 Å². The van der Waals surface area contributed by atoms with E-state index in [-0.39, 0.29) is 42.5 Å². The average Bonchev–Trinajstić information content (AvgIpc) is 4.26. The fourth-order valence-corrected chi connectivity index (χ4v) is 15.7. The van der Waals surface area contributed by atoms with Crippen LogP contribution in [0, 0.1) is 24.2 Å². The summed E-state index contributed by atoms with van der Waals surface area (Å²) in [6.07, 6.45) is 9.27. The second kappa shape index (κ2) is 22.9. The molecule has 6 saturated heterocycles. The predicted molar refractivity (Wildman–Crippen MR) is 312 cm³/mol. The Morgan fingerprint density at radius 2 is 1.60 bits per heavy atom. The van der Waals surface area contributed by atoms with Gasteiger partial charge >= 0.3 is 0 Å². The van der Waals surface area contributed by atoms with Crippen LogP contribution in [0.3, 0.4) is 0 Å². The minimum Gasteiger partial charge on any atom is -0.507 e. The van der Waals surface area contributed by atoms with E-state index >= 15 is 0 Å². The number of aliphatic hydroxyl groups is 1. The van der Waals surface area contributed by atoms with Gasteiger partial charge in [0.2, 0.25) is 11.8 Å². The lowest BCUT2D eigenvalue weighted by Crippen LogP contribution is -2.64. The summed E-state index contributed by atoms with van der Waals surface area (Å²) in [5.41, 5.74) is 14.1. The number of nitrogens with one attached hydrogen (secondary N) is 1. The molecule has 7 aliphatic rings. The quantitative estimate of drug-likeness (QED) is 0.0847. The number of carbonyl (C=O) groups excluding carboxylic acids is 2. The van der Waals surface area contributed by atoms with Gasteiger partial charge in [-0.3, -0.25) is 24.3 Å². The summed E-state index contributed by atoms with van der Waals surface area (Å²) in [5.74, 6) is 1.31. The first-order chi connectivity index (χ1) is 38.7. The Bertz CT molecular complexity index is 2950. The van der Waals surface area contributed by atoms with Crippen LogP contribution in [0.5, 0.6) is 5.75 Å². The third-order valence-electron chi connectivity index (χ3n) is 19.8. The lowest BCUT2D eigenvalue weighted by atomic mass is 9.60. The lowest BCUT2D eigenvalue weighted by molar-refractivity contribution is -0.141. The number of hydrogen-bond acceptors (Lipinski definition) is 17. The third-order valence-corrected chi connectivity index (χ3v) is 20.8. The number of piperidine rings is 2. The number of aromatic hydroxyl groups is 1. The fourth-order valence-electron chi connectivity index (χ4n) is 14.9. The molecular formula is C61H83N13O5S. The number of benzene rings is 2. The molecule has 9 heterocycles. The summed E-state index contributed by atoms with van der Waals surface area (Å²) < 4.78 is 5.99. The van der Waals surface area contributed by atoms with Crippen molar-refractivity contribution in [3.05, 3.63) is 83.2 Å². The molecule has 2 unspecified atom stereocenters. The van der Waals surface area contributed by atoms with Crippen molar-refractivity contribution < 1.29 is 24.3 Å². The molecule has 2 aromatic carbocycles. The van der Waals surface area contributed by atoms with Crippen molar-refractivity contribution in [3.8, 4) is 27.4 Å². The normalized spacial score (nSPS) is 26.1. The number of phenols is 1. The number of para-hydroxylation sites is 1. The molecule has 1 spiro atoms. The number of anilines is 3. The second-order valence-electron chi connectivity index (χ2n) is 25.3. The lowest BCUT2D eigenvalue weighted by Gasteiger charge is -2.57. The molecule has 7 atom stereocenters. The molecule has 2 bridgehead atoms. The van der Waals surface area contributed by atoms with E-state index in [4.69, 9.17) is 10.3 Å². The molecule has 18 nitrogen and oxygen atoms in total. The maximum absolute atomic E-state index is 14.4. The number of thiazole rings is 1. The number of piperazine rings is 2. The van der Waals surface area contributed by atoms with Gasteiger partial charge in [0.15, 0.2) is 17.4 Å². The van der Waals surface area contributed by atoms with Crippen LogP contribution in [0.1, 0.15) is 108 Å². The number of nitrogen functional groups attached to an aromatic ring is 1. The Morgan fingerprint density at radius 3 is 2.30 bits per heavy atom. The van der Waals surface area contributed by atoms with Gasteiger partial charge in [-0.2, -0.15) is 0 Å². The van der Waals surface area contributed by atoms with E-state index in [1.165, 1.54) is 51.6 Å². The molecule has 12 rings (SSSR count). The molecular weight excluding hydrogens is 1030 g/mol. The topological polar surface area (TPSA) is 200 Å². The SMILES string of the molecule is Cc1ncsc1-c1ccc([C@H](C)NC(=O)[C@@H]2C[C@@H](O)CN2C(=O)[C@@H](c2cc(N3CCC(CN4CCC5(CC4)CC(N4CCN(C)[C@H](CN6C7CCC6CN(c6cc(-c8ccccc8O)nnc6N)C7)C4)C5)CC3)no2)C(C)C)cc1. The maximum atomic E-state index is 14.4. The van der Waals surface area contributed by atoms with Crippen LogP contribution >= 0.6 is 11.3 Å². The molecule has 0 radical (unpaired) electrons. The van der Waals surface area contributed by atoms with Crippen LogP contribution in [0.4, 0.5) is 17.3 Å². The third kappa shape index (κ3) is 11.2. The first-order valence-electron chi connectivity index (χ1n) is 29.8. The van der Waals surface area contributed by atoms with Crippen molar-refractivity contribution in [2.75, 3.05) is 101 Å². The van der Waals surface area contributed by atoms with Gasteiger partial charge in [-0.25, -0.2) is 4.98 Å².